The van der Waals surface area contributed by atoms with Crippen molar-refractivity contribution in [2.24, 2.45) is 5.73 Å². The third-order valence-corrected chi connectivity index (χ3v) is 4.08. The first-order chi connectivity index (χ1) is 9.08. The highest BCUT2D eigenvalue weighted by molar-refractivity contribution is 5.76. The Kier molecular flexibility index (Phi) is 4.59. The van der Waals surface area contributed by atoms with E-state index in [9.17, 15) is 4.79 Å². The van der Waals surface area contributed by atoms with Crippen molar-refractivity contribution >= 4 is 5.91 Å². The molecular weight excluding hydrogens is 236 g/mol. The molecule has 0 aromatic heterocycles. The van der Waals surface area contributed by atoms with Crippen molar-refractivity contribution in [2.75, 3.05) is 7.05 Å². The lowest BCUT2D eigenvalue weighted by atomic mass is 9.87. The summed E-state index contributed by atoms with van der Waals surface area (Å²) in [5.41, 5.74) is 8.55. The summed E-state index contributed by atoms with van der Waals surface area (Å²) in [5, 5.41) is 0. The Labute approximate surface area is 115 Å². The summed E-state index contributed by atoms with van der Waals surface area (Å²) in [5.74, 6) is 0.224. The lowest BCUT2D eigenvalue weighted by molar-refractivity contribution is -0.132. The molecule has 3 heteroatoms. The van der Waals surface area contributed by atoms with Crippen LogP contribution in [0.4, 0.5) is 0 Å². The Hall–Kier alpha value is -1.35. The molecule has 0 bridgehead atoms. The lowest BCUT2D eigenvalue weighted by Gasteiger charge is -2.32. The fourth-order valence-corrected chi connectivity index (χ4v) is 2.74. The van der Waals surface area contributed by atoms with Crippen molar-refractivity contribution in [1.82, 2.24) is 4.90 Å². The molecule has 0 radical (unpaired) electrons. The number of carbonyl (C=O) groups excluding carboxylic acids is 1. The van der Waals surface area contributed by atoms with Crippen molar-refractivity contribution in [2.45, 2.75) is 51.1 Å². The molecule has 1 aliphatic rings. The molecule has 0 saturated carbocycles. The Morgan fingerprint density at radius 3 is 2.79 bits per heavy atom. The molecule has 0 heterocycles. The van der Waals surface area contributed by atoms with Gasteiger partial charge in [-0.25, -0.2) is 0 Å². The molecule has 0 aliphatic heterocycles. The first kappa shape index (κ1) is 14.1. The van der Waals surface area contributed by atoms with Gasteiger partial charge >= 0.3 is 0 Å². The van der Waals surface area contributed by atoms with Gasteiger partial charge in [-0.05, 0) is 43.7 Å². The molecule has 2 atom stereocenters. The number of hydrogen-bond donors (Lipinski definition) is 1. The second kappa shape index (κ2) is 6.20. The van der Waals surface area contributed by atoms with Crippen LogP contribution in [0.1, 0.15) is 37.3 Å². The summed E-state index contributed by atoms with van der Waals surface area (Å²) in [7, 11) is 1.93. The first-order valence-corrected chi connectivity index (χ1v) is 7.16. The van der Waals surface area contributed by atoms with E-state index in [-0.39, 0.29) is 11.9 Å². The highest BCUT2D eigenvalue weighted by Gasteiger charge is 2.24. The highest BCUT2D eigenvalue weighted by Crippen LogP contribution is 2.24. The number of aryl methyl sites for hydroxylation is 1. The molecule has 0 spiro atoms. The van der Waals surface area contributed by atoms with E-state index >= 15 is 0 Å². The van der Waals surface area contributed by atoms with Crippen LogP contribution < -0.4 is 5.73 Å². The van der Waals surface area contributed by atoms with E-state index < -0.39 is 0 Å². The van der Waals surface area contributed by atoms with Gasteiger partial charge in [0.2, 0.25) is 5.91 Å². The predicted molar refractivity (Wildman–Crippen MR) is 77.9 cm³/mol. The molecule has 1 aliphatic carbocycles. The molecule has 1 aromatic carbocycles. The van der Waals surface area contributed by atoms with E-state index in [4.69, 9.17) is 5.73 Å². The number of benzene rings is 1. The van der Waals surface area contributed by atoms with Crippen molar-refractivity contribution < 1.29 is 4.79 Å². The largest absolute Gasteiger partial charge is 0.342 e. The number of rotatable bonds is 4. The van der Waals surface area contributed by atoms with E-state index in [1.807, 2.05) is 18.9 Å². The average molecular weight is 260 g/mol. The van der Waals surface area contributed by atoms with Gasteiger partial charge in [0.15, 0.2) is 0 Å². The minimum absolute atomic E-state index is 0.101. The zero-order valence-corrected chi connectivity index (χ0v) is 11.9. The maximum Gasteiger partial charge on any atom is 0.222 e. The third kappa shape index (κ3) is 3.57. The zero-order valence-electron chi connectivity index (χ0n) is 11.9. The normalized spacial score (nSPS) is 19.6. The summed E-state index contributed by atoms with van der Waals surface area (Å²) in [6.45, 7) is 1.95. The molecule has 2 N–H and O–H groups in total. The average Bonchev–Trinajstić information content (AvgIpc) is 2.43. The van der Waals surface area contributed by atoms with Gasteiger partial charge in [-0.15, -0.1) is 0 Å². The number of hydrogen-bond acceptors (Lipinski definition) is 2. The Morgan fingerprint density at radius 2 is 2.11 bits per heavy atom. The summed E-state index contributed by atoms with van der Waals surface area (Å²) in [4.78, 5) is 14.1. The topological polar surface area (TPSA) is 46.3 Å². The van der Waals surface area contributed by atoms with Crippen LogP contribution in [-0.2, 0) is 17.6 Å². The predicted octanol–water partition coefficient (Wildman–Crippen LogP) is 2.13. The quantitative estimate of drug-likeness (QED) is 0.901. The highest BCUT2D eigenvalue weighted by atomic mass is 16.2. The Balaban J connectivity index is 1.95. The minimum Gasteiger partial charge on any atom is -0.342 e. The summed E-state index contributed by atoms with van der Waals surface area (Å²) >= 11 is 0. The maximum atomic E-state index is 12.1. The van der Waals surface area contributed by atoms with E-state index in [1.165, 1.54) is 11.1 Å². The van der Waals surface area contributed by atoms with Crippen molar-refractivity contribution in [1.29, 1.82) is 0 Å². The van der Waals surface area contributed by atoms with Crippen LogP contribution in [0.5, 0.6) is 0 Å². The van der Waals surface area contributed by atoms with Gasteiger partial charge in [0.25, 0.3) is 0 Å². The Bertz CT molecular complexity index is 442. The molecular formula is C16H24N2O. The second-order valence-electron chi connectivity index (χ2n) is 5.69. The van der Waals surface area contributed by atoms with Gasteiger partial charge in [-0.3, -0.25) is 4.79 Å². The third-order valence-electron chi connectivity index (χ3n) is 4.08. The monoisotopic (exact) mass is 260 g/mol. The van der Waals surface area contributed by atoms with Crippen LogP contribution in [0.2, 0.25) is 0 Å². The summed E-state index contributed by atoms with van der Waals surface area (Å²) < 4.78 is 0. The van der Waals surface area contributed by atoms with Crippen LogP contribution in [0.15, 0.2) is 24.3 Å². The molecule has 0 saturated heterocycles. The van der Waals surface area contributed by atoms with Gasteiger partial charge in [-0.2, -0.15) is 0 Å². The molecule has 1 aromatic rings. The number of carbonyl (C=O) groups is 1. The van der Waals surface area contributed by atoms with Crippen LogP contribution in [-0.4, -0.2) is 29.9 Å². The van der Waals surface area contributed by atoms with E-state index in [2.05, 4.69) is 24.3 Å². The van der Waals surface area contributed by atoms with Gasteiger partial charge in [0.05, 0.1) is 0 Å². The fraction of sp³-hybridized carbons (Fsp3) is 0.562. The molecule has 2 rings (SSSR count). The Morgan fingerprint density at radius 1 is 1.42 bits per heavy atom. The maximum absolute atomic E-state index is 12.1. The van der Waals surface area contributed by atoms with Crippen molar-refractivity contribution in [3.05, 3.63) is 35.4 Å². The van der Waals surface area contributed by atoms with Crippen molar-refractivity contribution in [3.8, 4) is 0 Å². The summed E-state index contributed by atoms with van der Waals surface area (Å²) in [6.07, 6.45) is 4.46. The van der Waals surface area contributed by atoms with E-state index in [1.54, 1.807) is 0 Å². The smallest absolute Gasteiger partial charge is 0.222 e. The second-order valence-corrected chi connectivity index (χ2v) is 5.69. The fourth-order valence-electron chi connectivity index (χ4n) is 2.74. The number of fused-ring (bicyclic) bond motifs is 1. The van der Waals surface area contributed by atoms with Crippen molar-refractivity contribution in [3.63, 3.8) is 0 Å². The van der Waals surface area contributed by atoms with Gasteiger partial charge in [0, 0.05) is 25.6 Å². The standard InChI is InChI=1S/C16H24N2O/c1-12(17)7-10-16(19)18(2)15-9-8-13-5-3-4-6-14(13)11-15/h3-6,12,15H,7-11,17H2,1-2H3. The van der Waals surface area contributed by atoms with Crippen LogP contribution in [0, 0.1) is 0 Å². The van der Waals surface area contributed by atoms with E-state index in [0.717, 1.165) is 25.7 Å². The first-order valence-electron chi connectivity index (χ1n) is 7.16. The van der Waals surface area contributed by atoms with Crippen LogP contribution in [0.25, 0.3) is 0 Å². The summed E-state index contributed by atoms with van der Waals surface area (Å²) in [6, 6.07) is 9.00. The lowest BCUT2D eigenvalue weighted by Crippen LogP contribution is -2.40. The minimum atomic E-state index is 0.101. The van der Waals surface area contributed by atoms with Crippen LogP contribution in [0.3, 0.4) is 0 Å². The van der Waals surface area contributed by atoms with Gasteiger partial charge < -0.3 is 10.6 Å². The number of nitrogens with two attached hydrogens (primary N) is 1. The molecule has 104 valence electrons. The number of amides is 1. The SMILES string of the molecule is CC(N)CCC(=O)N(C)C1CCc2ccccc2C1. The molecule has 1 amide bonds. The van der Waals surface area contributed by atoms with Gasteiger partial charge in [-0.1, -0.05) is 24.3 Å². The zero-order chi connectivity index (χ0) is 13.8. The molecule has 19 heavy (non-hydrogen) atoms. The number of nitrogens with zero attached hydrogens (tertiary/aromatic N) is 1. The molecule has 2 unspecified atom stereocenters. The molecule has 3 nitrogen and oxygen atoms in total. The molecule has 0 fully saturated rings. The number of likely N-dealkylation sites (N-methyl/N-ethyl adjacent to an activating group) is 1. The van der Waals surface area contributed by atoms with E-state index in [0.29, 0.717) is 12.5 Å². The van der Waals surface area contributed by atoms with Crippen LogP contribution >= 0.6 is 0 Å². The van der Waals surface area contributed by atoms with Gasteiger partial charge in [0.1, 0.15) is 0 Å².